The van der Waals surface area contributed by atoms with Gasteiger partial charge in [0.05, 0.1) is 0 Å². The van der Waals surface area contributed by atoms with Crippen molar-refractivity contribution in [2.24, 2.45) is 5.73 Å². The molecule has 1 aromatic carbocycles. The first kappa shape index (κ1) is 12.2. The van der Waals surface area contributed by atoms with Crippen molar-refractivity contribution in [1.82, 2.24) is 4.90 Å². The number of fused-ring (bicyclic) bond motifs is 1. The Balaban J connectivity index is 1.76. The number of benzene rings is 1. The fourth-order valence-corrected chi connectivity index (χ4v) is 3.77. The number of nitrogens with two attached hydrogens (primary N) is 1. The molecule has 2 N–H and O–H groups in total. The molecule has 0 saturated carbocycles. The second-order valence-corrected chi connectivity index (χ2v) is 5.99. The van der Waals surface area contributed by atoms with E-state index in [0.29, 0.717) is 18.1 Å². The van der Waals surface area contributed by atoms with Gasteiger partial charge in [-0.2, -0.15) is 0 Å². The van der Waals surface area contributed by atoms with E-state index >= 15 is 0 Å². The summed E-state index contributed by atoms with van der Waals surface area (Å²) < 4.78 is 0. The highest BCUT2D eigenvalue weighted by molar-refractivity contribution is 5.33. The third-order valence-corrected chi connectivity index (χ3v) is 4.70. The van der Waals surface area contributed by atoms with Crippen molar-refractivity contribution < 1.29 is 0 Å². The molecule has 98 valence electrons. The van der Waals surface area contributed by atoms with Gasteiger partial charge in [0.1, 0.15) is 0 Å². The standard InChI is InChI=1S/C16H24N2/c1-12(17)16-8-4-5-9-18(16)15-10-13-6-2-3-7-14(13)11-15/h2-3,6-7,12,15-16H,4-5,8-11,17H2,1H3. The molecule has 1 fully saturated rings. The Labute approximate surface area is 110 Å². The lowest BCUT2D eigenvalue weighted by atomic mass is 9.94. The highest BCUT2D eigenvalue weighted by Gasteiger charge is 2.34. The quantitative estimate of drug-likeness (QED) is 0.865. The predicted octanol–water partition coefficient (Wildman–Crippen LogP) is 2.36. The number of hydrogen-bond acceptors (Lipinski definition) is 2. The molecule has 0 amide bonds. The maximum absolute atomic E-state index is 6.19. The van der Waals surface area contributed by atoms with Crippen LogP contribution in [-0.2, 0) is 12.8 Å². The maximum Gasteiger partial charge on any atom is 0.0247 e. The van der Waals surface area contributed by atoms with Gasteiger partial charge in [0, 0.05) is 18.1 Å². The number of hydrogen-bond donors (Lipinski definition) is 1. The molecule has 1 aromatic rings. The number of likely N-dealkylation sites (tertiary alicyclic amines) is 1. The Morgan fingerprint density at radius 3 is 2.44 bits per heavy atom. The Hall–Kier alpha value is -0.860. The van der Waals surface area contributed by atoms with Gasteiger partial charge in [-0.1, -0.05) is 30.7 Å². The Morgan fingerprint density at radius 2 is 1.83 bits per heavy atom. The summed E-state index contributed by atoms with van der Waals surface area (Å²) in [7, 11) is 0. The van der Waals surface area contributed by atoms with Crippen molar-refractivity contribution in [3.63, 3.8) is 0 Å². The molecule has 1 heterocycles. The van der Waals surface area contributed by atoms with Crippen molar-refractivity contribution in [2.45, 2.75) is 57.2 Å². The number of rotatable bonds is 2. The summed E-state index contributed by atoms with van der Waals surface area (Å²) in [5, 5.41) is 0. The average Bonchev–Trinajstić information content (AvgIpc) is 2.82. The minimum atomic E-state index is 0.300. The number of piperidine rings is 1. The van der Waals surface area contributed by atoms with Crippen molar-refractivity contribution >= 4 is 0 Å². The highest BCUT2D eigenvalue weighted by atomic mass is 15.2. The molecule has 18 heavy (non-hydrogen) atoms. The molecule has 2 unspecified atom stereocenters. The van der Waals surface area contributed by atoms with E-state index in [0.717, 1.165) is 0 Å². The highest BCUT2D eigenvalue weighted by Crippen LogP contribution is 2.30. The molecule has 0 radical (unpaired) electrons. The number of nitrogens with zero attached hydrogens (tertiary/aromatic N) is 1. The zero-order chi connectivity index (χ0) is 12.5. The van der Waals surface area contributed by atoms with Crippen LogP contribution in [0.2, 0.25) is 0 Å². The zero-order valence-corrected chi connectivity index (χ0v) is 11.3. The van der Waals surface area contributed by atoms with E-state index in [1.807, 2.05) is 0 Å². The van der Waals surface area contributed by atoms with E-state index < -0.39 is 0 Å². The van der Waals surface area contributed by atoms with Gasteiger partial charge < -0.3 is 5.73 Å². The van der Waals surface area contributed by atoms with Crippen LogP contribution >= 0.6 is 0 Å². The van der Waals surface area contributed by atoms with Crippen LogP contribution in [0.3, 0.4) is 0 Å². The lowest BCUT2D eigenvalue weighted by Crippen LogP contribution is -2.53. The average molecular weight is 244 g/mol. The van der Waals surface area contributed by atoms with E-state index in [-0.39, 0.29) is 0 Å². The summed E-state index contributed by atoms with van der Waals surface area (Å²) in [6.45, 7) is 3.41. The molecule has 0 spiro atoms. The fourth-order valence-electron chi connectivity index (χ4n) is 3.77. The van der Waals surface area contributed by atoms with Crippen molar-refractivity contribution in [3.05, 3.63) is 35.4 Å². The topological polar surface area (TPSA) is 29.3 Å². The van der Waals surface area contributed by atoms with Crippen LogP contribution in [0.5, 0.6) is 0 Å². The van der Waals surface area contributed by atoms with Crippen LogP contribution in [0.1, 0.15) is 37.3 Å². The smallest absolute Gasteiger partial charge is 0.0247 e. The molecule has 2 aliphatic rings. The van der Waals surface area contributed by atoms with E-state index in [1.54, 1.807) is 11.1 Å². The summed E-state index contributed by atoms with van der Waals surface area (Å²) in [4.78, 5) is 2.70. The minimum Gasteiger partial charge on any atom is -0.327 e. The second kappa shape index (κ2) is 5.02. The van der Waals surface area contributed by atoms with Gasteiger partial charge in [-0.25, -0.2) is 0 Å². The summed E-state index contributed by atoms with van der Waals surface area (Å²) in [5.74, 6) is 0. The van der Waals surface area contributed by atoms with E-state index in [4.69, 9.17) is 5.73 Å². The predicted molar refractivity (Wildman–Crippen MR) is 75.6 cm³/mol. The van der Waals surface area contributed by atoms with Crippen molar-refractivity contribution in [2.75, 3.05) is 6.54 Å². The van der Waals surface area contributed by atoms with Gasteiger partial charge in [-0.15, -0.1) is 0 Å². The third kappa shape index (κ3) is 2.19. The molecule has 2 heteroatoms. The van der Waals surface area contributed by atoms with Gasteiger partial charge in [0.15, 0.2) is 0 Å². The Morgan fingerprint density at radius 1 is 1.17 bits per heavy atom. The molecule has 0 aromatic heterocycles. The van der Waals surface area contributed by atoms with Gasteiger partial charge >= 0.3 is 0 Å². The monoisotopic (exact) mass is 244 g/mol. The van der Waals surface area contributed by atoms with E-state index in [9.17, 15) is 0 Å². The maximum atomic E-state index is 6.19. The Bertz CT molecular complexity index is 388. The molecule has 1 aliphatic heterocycles. The summed E-state index contributed by atoms with van der Waals surface area (Å²) in [6, 6.07) is 10.5. The lowest BCUT2D eigenvalue weighted by Gasteiger charge is -2.42. The molecule has 0 bridgehead atoms. The van der Waals surface area contributed by atoms with Crippen LogP contribution in [0.4, 0.5) is 0 Å². The first-order valence-electron chi connectivity index (χ1n) is 7.34. The van der Waals surface area contributed by atoms with E-state index in [2.05, 4.69) is 36.1 Å². The zero-order valence-electron chi connectivity index (χ0n) is 11.3. The van der Waals surface area contributed by atoms with Crippen LogP contribution in [0.15, 0.2) is 24.3 Å². The van der Waals surface area contributed by atoms with E-state index in [1.165, 1.54) is 38.6 Å². The molecule has 1 aliphatic carbocycles. The SMILES string of the molecule is CC(N)C1CCCCN1C1Cc2ccccc2C1. The summed E-state index contributed by atoms with van der Waals surface area (Å²) in [5.41, 5.74) is 9.29. The fraction of sp³-hybridized carbons (Fsp3) is 0.625. The molecule has 3 rings (SSSR count). The molecule has 1 saturated heterocycles. The summed E-state index contributed by atoms with van der Waals surface area (Å²) >= 11 is 0. The Kier molecular flexibility index (Phi) is 3.40. The molecular formula is C16H24N2. The largest absolute Gasteiger partial charge is 0.327 e. The normalized spacial score (nSPS) is 27.1. The first-order chi connectivity index (χ1) is 8.75. The summed E-state index contributed by atoms with van der Waals surface area (Å²) in [6.07, 6.45) is 6.42. The van der Waals surface area contributed by atoms with Gasteiger partial charge in [0.25, 0.3) is 0 Å². The van der Waals surface area contributed by atoms with Crippen LogP contribution in [0.25, 0.3) is 0 Å². The third-order valence-electron chi connectivity index (χ3n) is 4.70. The molecule has 2 nitrogen and oxygen atoms in total. The van der Waals surface area contributed by atoms with Crippen LogP contribution in [0, 0.1) is 0 Å². The van der Waals surface area contributed by atoms with Crippen molar-refractivity contribution in [3.8, 4) is 0 Å². The van der Waals surface area contributed by atoms with Gasteiger partial charge in [-0.3, -0.25) is 4.90 Å². The van der Waals surface area contributed by atoms with Crippen molar-refractivity contribution in [1.29, 1.82) is 0 Å². The first-order valence-corrected chi connectivity index (χ1v) is 7.34. The van der Waals surface area contributed by atoms with Crippen LogP contribution < -0.4 is 5.73 Å². The molecule has 2 atom stereocenters. The van der Waals surface area contributed by atoms with Crippen LogP contribution in [-0.4, -0.2) is 29.6 Å². The van der Waals surface area contributed by atoms with Gasteiger partial charge in [0.2, 0.25) is 0 Å². The minimum absolute atomic E-state index is 0.300. The second-order valence-electron chi connectivity index (χ2n) is 5.99. The molecular weight excluding hydrogens is 220 g/mol. The van der Waals surface area contributed by atoms with Gasteiger partial charge in [-0.05, 0) is 50.3 Å². The lowest BCUT2D eigenvalue weighted by molar-refractivity contribution is 0.0853.